The number of aromatic hydroxyl groups is 1. The van der Waals surface area contributed by atoms with Crippen LogP contribution in [0.3, 0.4) is 0 Å². The van der Waals surface area contributed by atoms with E-state index in [2.05, 4.69) is 27.3 Å². The third-order valence-electron chi connectivity index (χ3n) is 4.81. The van der Waals surface area contributed by atoms with Crippen LogP contribution in [-0.2, 0) is 0 Å². The summed E-state index contributed by atoms with van der Waals surface area (Å²) in [5.41, 5.74) is 3.83. The van der Waals surface area contributed by atoms with Crippen LogP contribution in [0.1, 0.15) is 0 Å². The maximum absolute atomic E-state index is 13.8. The van der Waals surface area contributed by atoms with Gasteiger partial charge in [-0.25, -0.2) is 8.78 Å². The Morgan fingerprint density at radius 3 is 2.22 bits per heavy atom. The highest BCUT2D eigenvalue weighted by Gasteiger charge is 2.15. The Balaban J connectivity index is 1.71. The van der Waals surface area contributed by atoms with E-state index in [9.17, 15) is 13.9 Å². The van der Waals surface area contributed by atoms with Crippen LogP contribution >= 0.6 is 0 Å². The summed E-state index contributed by atoms with van der Waals surface area (Å²) in [7, 11) is 0. The van der Waals surface area contributed by atoms with Crippen molar-refractivity contribution < 1.29 is 13.9 Å². The summed E-state index contributed by atoms with van der Waals surface area (Å²) in [6, 6.07) is 12.2. The number of aromatic nitrogens is 1. The second-order valence-electron chi connectivity index (χ2n) is 6.49. The highest BCUT2D eigenvalue weighted by molar-refractivity contribution is 5.83. The molecular formula is C21H19F2N3O. The topological polar surface area (TPSA) is 48.4 Å². The fourth-order valence-corrected chi connectivity index (χ4v) is 3.37. The van der Waals surface area contributed by atoms with Crippen molar-refractivity contribution in [3.8, 4) is 28.0 Å². The largest absolute Gasteiger partial charge is 0.503 e. The number of nitrogens with zero attached hydrogens (tertiary/aromatic N) is 2. The molecule has 6 heteroatoms. The first-order chi connectivity index (χ1) is 13.1. The van der Waals surface area contributed by atoms with E-state index in [1.807, 2.05) is 18.2 Å². The predicted molar refractivity (Wildman–Crippen MR) is 102 cm³/mol. The van der Waals surface area contributed by atoms with Crippen LogP contribution in [0.2, 0.25) is 0 Å². The van der Waals surface area contributed by atoms with E-state index < -0.39 is 17.4 Å². The number of hydrogen-bond acceptors (Lipinski definition) is 4. The van der Waals surface area contributed by atoms with Gasteiger partial charge in [0, 0.05) is 49.8 Å². The van der Waals surface area contributed by atoms with E-state index in [1.54, 1.807) is 12.4 Å². The molecule has 1 saturated heterocycles. The predicted octanol–water partition coefficient (Wildman–Crippen LogP) is 3.81. The molecule has 2 N–H and O–H groups in total. The second-order valence-corrected chi connectivity index (χ2v) is 6.49. The zero-order valence-corrected chi connectivity index (χ0v) is 14.6. The molecule has 1 aliphatic rings. The third kappa shape index (κ3) is 3.48. The standard InChI is InChI=1S/C21H19F2N3O/c22-19-11-15(12-20(23)21(19)27)18-13-25-6-5-17(18)14-1-3-16(4-2-14)26-9-7-24-8-10-26/h1-6,11-13,24,27H,7-10H2. The number of nitrogens with one attached hydrogen (secondary N) is 1. The normalized spacial score (nSPS) is 14.4. The van der Waals surface area contributed by atoms with Crippen LogP contribution in [0.15, 0.2) is 54.9 Å². The van der Waals surface area contributed by atoms with Gasteiger partial charge in [0.05, 0.1) is 0 Å². The minimum Gasteiger partial charge on any atom is -0.503 e. The Hall–Kier alpha value is -2.99. The number of rotatable bonds is 3. The zero-order valence-electron chi connectivity index (χ0n) is 14.6. The average molecular weight is 367 g/mol. The average Bonchev–Trinajstić information content (AvgIpc) is 2.72. The summed E-state index contributed by atoms with van der Waals surface area (Å²) >= 11 is 0. The van der Waals surface area contributed by atoms with Crippen LogP contribution in [-0.4, -0.2) is 36.3 Å². The van der Waals surface area contributed by atoms with Crippen LogP contribution in [0, 0.1) is 11.6 Å². The van der Waals surface area contributed by atoms with E-state index in [1.165, 1.54) is 0 Å². The molecule has 0 radical (unpaired) electrons. The van der Waals surface area contributed by atoms with Gasteiger partial charge in [0.25, 0.3) is 0 Å². The van der Waals surface area contributed by atoms with E-state index in [0.29, 0.717) is 11.1 Å². The van der Waals surface area contributed by atoms with E-state index >= 15 is 0 Å². The van der Waals surface area contributed by atoms with Crippen molar-refractivity contribution in [2.24, 2.45) is 0 Å². The van der Waals surface area contributed by atoms with Crippen LogP contribution in [0.25, 0.3) is 22.3 Å². The fraction of sp³-hybridized carbons (Fsp3) is 0.190. The van der Waals surface area contributed by atoms with Gasteiger partial charge in [0.15, 0.2) is 17.4 Å². The SMILES string of the molecule is Oc1c(F)cc(-c2cnccc2-c2ccc(N3CCNCC3)cc2)cc1F. The van der Waals surface area contributed by atoms with E-state index in [0.717, 1.165) is 55.1 Å². The lowest BCUT2D eigenvalue weighted by atomic mass is 9.96. The van der Waals surface area contributed by atoms with Gasteiger partial charge in [0.2, 0.25) is 0 Å². The van der Waals surface area contributed by atoms with Gasteiger partial charge in [-0.15, -0.1) is 0 Å². The molecule has 138 valence electrons. The third-order valence-corrected chi connectivity index (χ3v) is 4.81. The molecular weight excluding hydrogens is 348 g/mol. The summed E-state index contributed by atoms with van der Waals surface area (Å²) in [6.45, 7) is 3.86. The highest BCUT2D eigenvalue weighted by atomic mass is 19.1. The molecule has 4 nitrogen and oxygen atoms in total. The van der Waals surface area contributed by atoms with Crippen molar-refractivity contribution in [3.63, 3.8) is 0 Å². The number of phenolic OH excluding ortho intramolecular Hbond substituents is 1. The molecule has 0 atom stereocenters. The van der Waals surface area contributed by atoms with Crippen molar-refractivity contribution >= 4 is 5.69 Å². The molecule has 2 heterocycles. The maximum Gasteiger partial charge on any atom is 0.187 e. The molecule has 0 aliphatic carbocycles. The number of piperazine rings is 1. The molecule has 0 bridgehead atoms. The quantitative estimate of drug-likeness (QED) is 0.739. The minimum atomic E-state index is -0.992. The second kappa shape index (κ2) is 7.32. The van der Waals surface area contributed by atoms with Gasteiger partial charge < -0.3 is 15.3 Å². The first-order valence-electron chi connectivity index (χ1n) is 8.82. The zero-order chi connectivity index (χ0) is 18.8. The molecule has 0 saturated carbocycles. The number of phenols is 1. The van der Waals surface area contributed by atoms with Gasteiger partial charge in [-0.3, -0.25) is 4.98 Å². The van der Waals surface area contributed by atoms with Gasteiger partial charge in [-0.2, -0.15) is 0 Å². The molecule has 3 aromatic rings. The molecule has 27 heavy (non-hydrogen) atoms. The number of anilines is 1. The molecule has 0 spiro atoms. The van der Waals surface area contributed by atoms with Gasteiger partial charge >= 0.3 is 0 Å². The Labute approximate surface area is 156 Å². The Bertz CT molecular complexity index is 931. The summed E-state index contributed by atoms with van der Waals surface area (Å²) in [4.78, 5) is 6.42. The first-order valence-corrected chi connectivity index (χ1v) is 8.82. The highest BCUT2D eigenvalue weighted by Crippen LogP contribution is 2.35. The van der Waals surface area contributed by atoms with Crippen molar-refractivity contribution in [3.05, 3.63) is 66.5 Å². The number of pyridine rings is 1. The monoisotopic (exact) mass is 367 g/mol. The summed E-state index contributed by atoms with van der Waals surface area (Å²) in [5.74, 6) is -2.95. The molecule has 0 amide bonds. The maximum atomic E-state index is 13.8. The molecule has 1 fully saturated rings. The van der Waals surface area contributed by atoms with Crippen molar-refractivity contribution in [2.45, 2.75) is 0 Å². The minimum absolute atomic E-state index is 0.331. The van der Waals surface area contributed by atoms with Gasteiger partial charge in [0.1, 0.15) is 0 Å². The molecule has 1 aliphatic heterocycles. The van der Waals surface area contributed by atoms with Crippen LogP contribution in [0.5, 0.6) is 5.75 Å². The van der Waals surface area contributed by atoms with Gasteiger partial charge in [-0.05, 0) is 47.0 Å². The lowest BCUT2D eigenvalue weighted by Crippen LogP contribution is -2.43. The Morgan fingerprint density at radius 1 is 0.889 bits per heavy atom. The smallest absolute Gasteiger partial charge is 0.187 e. The van der Waals surface area contributed by atoms with Crippen LogP contribution in [0.4, 0.5) is 14.5 Å². The van der Waals surface area contributed by atoms with Crippen molar-refractivity contribution in [2.75, 3.05) is 31.1 Å². The molecule has 2 aromatic carbocycles. The van der Waals surface area contributed by atoms with Gasteiger partial charge in [-0.1, -0.05) is 12.1 Å². The first kappa shape index (κ1) is 17.4. The molecule has 4 rings (SSSR count). The van der Waals surface area contributed by atoms with Crippen molar-refractivity contribution in [1.82, 2.24) is 10.3 Å². The molecule has 0 unspecified atom stereocenters. The number of halogens is 2. The lowest BCUT2D eigenvalue weighted by Gasteiger charge is -2.29. The van der Waals surface area contributed by atoms with Crippen LogP contribution < -0.4 is 10.2 Å². The summed E-state index contributed by atoms with van der Waals surface area (Å²) < 4.78 is 27.6. The lowest BCUT2D eigenvalue weighted by molar-refractivity contribution is 0.396. The fourth-order valence-electron chi connectivity index (χ4n) is 3.37. The molecule has 1 aromatic heterocycles. The Kier molecular flexibility index (Phi) is 4.73. The number of benzene rings is 2. The number of hydrogen-bond donors (Lipinski definition) is 2. The van der Waals surface area contributed by atoms with E-state index in [-0.39, 0.29) is 0 Å². The summed E-state index contributed by atoms with van der Waals surface area (Å²) in [5, 5.41) is 12.7. The Morgan fingerprint density at radius 2 is 1.56 bits per heavy atom. The van der Waals surface area contributed by atoms with Crippen molar-refractivity contribution in [1.29, 1.82) is 0 Å². The van der Waals surface area contributed by atoms with E-state index in [4.69, 9.17) is 0 Å². The summed E-state index contributed by atoms with van der Waals surface area (Å²) in [6.07, 6.45) is 3.22.